The van der Waals surface area contributed by atoms with Crippen molar-refractivity contribution in [2.24, 2.45) is 40.4 Å². The van der Waals surface area contributed by atoms with E-state index in [2.05, 4.69) is 19.9 Å². The molecule has 5 rings (SSSR count). The van der Waals surface area contributed by atoms with Crippen LogP contribution in [0.1, 0.15) is 130 Å². The van der Waals surface area contributed by atoms with E-state index >= 15 is 0 Å². The molecule has 8 atom stereocenters. The fraction of sp³-hybridized carbons (Fsp3) is 0.935. The molecule has 0 heterocycles. The minimum Gasteiger partial charge on any atom is -0.393 e. The van der Waals surface area contributed by atoms with Gasteiger partial charge in [0.15, 0.2) is 0 Å². The third-order valence-electron chi connectivity index (χ3n) is 11.5. The van der Waals surface area contributed by atoms with E-state index in [0.29, 0.717) is 16.7 Å². The van der Waals surface area contributed by atoms with Crippen molar-refractivity contribution in [1.82, 2.24) is 0 Å². The van der Waals surface area contributed by atoms with Crippen LogP contribution >= 0.6 is 0 Å². The summed E-state index contributed by atoms with van der Waals surface area (Å²) < 4.78 is 0. The third-order valence-corrected chi connectivity index (χ3v) is 11.5. The average Bonchev–Trinajstić information content (AvgIpc) is 3.17. The Bertz CT molecular complexity index is 664. The molecule has 190 valence electrons. The highest BCUT2D eigenvalue weighted by Gasteiger charge is 2.58. The van der Waals surface area contributed by atoms with Crippen LogP contribution in [0.15, 0.2) is 11.6 Å². The van der Waals surface area contributed by atoms with Gasteiger partial charge in [0, 0.05) is 0 Å². The Morgan fingerprint density at radius 3 is 2.45 bits per heavy atom. The van der Waals surface area contributed by atoms with Gasteiger partial charge in [0.05, 0.1) is 12.2 Å². The Balaban J connectivity index is 0.00000126. The van der Waals surface area contributed by atoms with Crippen LogP contribution in [-0.4, -0.2) is 22.4 Å². The molecule has 0 aliphatic heterocycles. The molecule has 2 N–H and O–H groups in total. The van der Waals surface area contributed by atoms with E-state index in [1.807, 2.05) is 13.8 Å². The van der Waals surface area contributed by atoms with Crippen molar-refractivity contribution < 1.29 is 10.2 Å². The van der Waals surface area contributed by atoms with Gasteiger partial charge in [-0.2, -0.15) is 0 Å². The molecule has 0 amide bonds. The van der Waals surface area contributed by atoms with Crippen molar-refractivity contribution in [2.75, 3.05) is 0 Å². The summed E-state index contributed by atoms with van der Waals surface area (Å²) in [7, 11) is 0. The number of fused-ring (bicyclic) bond motifs is 5. The number of aliphatic hydroxyl groups excluding tert-OH is 2. The average molecular weight is 459 g/mol. The van der Waals surface area contributed by atoms with Crippen molar-refractivity contribution in [2.45, 2.75) is 143 Å². The predicted octanol–water partition coefficient (Wildman–Crippen LogP) is 8.06. The lowest BCUT2D eigenvalue weighted by Gasteiger charge is -2.58. The van der Waals surface area contributed by atoms with E-state index < -0.39 is 0 Å². The summed E-state index contributed by atoms with van der Waals surface area (Å²) in [5.41, 5.74) is 2.50. The lowest BCUT2D eigenvalue weighted by atomic mass is 9.47. The zero-order valence-corrected chi connectivity index (χ0v) is 22.3. The normalized spacial score (nSPS) is 43.9. The van der Waals surface area contributed by atoms with E-state index in [1.54, 1.807) is 5.57 Å². The van der Waals surface area contributed by atoms with Crippen LogP contribution in [0.2, 0.25) is 0 Å². The first kappa shape index (κ1) is 25.7. The van der Waals surface area contributed by atoms with Gasteiger partial charge < -0.3 is 10.2 Å². The maximum atomic E-state index is 10.7. The quantitative estimate of drug-likeness (QED) is 0.409. The lowest BCUT2D eigenvalue weighted by Crippen LogP contribution is -2.50. The summed E-state index contributed by atoms with van der Waals surface area (Å²) in [4.78, 5) is 0. The highest BCUT2D eigenvalue weighted by atomic mass is 16.3. The van der Waals surface area contributed by atoms with Crippen LogP contribution in [0.5, 0.6) is 0 Å². The van der Waals surface area contributed by atoms with Crippen LogP contribution < -0.4 is 0 Å². The predicted molar refractivity (Wildman–Crippen MR) is 139 cm³/mol. The second-order valence-electron chi connectivity index (χ2n) is 12.9. The Hall–Kier alpha value is -0.340. The zero-order chi connectivity index (χ0) is 23.6. The van der Waals surface area contributed by atoms with Crippen LogP contribution in [0.4, 0.5) is 0 Å². The molecule has 2 heteroatoms. The first-order valence-electron chi connectivity index (χ1n) is 15.0. The molecule has 0 saturated heterocycles. The van der Waals surface area contributed by atoms with Crippen LogP contribution in [-0.2, 0) is 0 Å². The highest BCUT2D eigenvalue weighted by molar-refractivity contribution is 5.25. The second kappa shape index (κ2) is 10.7. The SMILES string of the molecule is CC.CC12CC[C@H](O)CC1=CCC1C2CCC2(C)C(CCCC(O)C3CCCCC3)CCC12. The molecule has 5 aliphatic carbocycles. The van der Waals surface area contributed by atoms with Crippen LogP contribution in [0.3, 0.4) is 0 Å². The molecule has 0 bridgehead atoms. The molecule has 0 radical (unpaired) electrons. The summed E-state index contributed by atoms with van der Waals surface area (Å²) in [6.45, 7) is 9.19. The largest absolute Gasteiger partial charge is 0.393 e. The smallest absolute Gasteiger partial charge is 0.0577 e. The van der Waals surface area contributed by atoms with Gasteiger partial charge in [-0.3, -0.25) is 0 Å². The Kier molecular flexibility index (Phi) is 8.37. The third kappa shape index (κ3) is 4.87. The molecule has 0 aromatic carbocycles. The standard InChI is InChI=1S/C29H48O2.C2H6/c1-28-18-16-26-24(13-11-22-19-23(30)15-17-29(22,26)2)25(28)14-12-21(28)9-6-10-27(31)20-7-4-3-5-8-20;1-2/h11,20-21,23-27,30-31H,3-10,12-19H2,1-2H3;1-2H3/t21?,23-,24?,25?,26?,27?,28?,29?;/m0./s1. The molecule has 2 nitrogen and oxygen atoms in total. The zero-order valence-electron chi connectivity index (χ0n) is 22.3. The molecule has 0 aromatic heterocycles. The summed E-state index contributed by atoms with van der Waals surface area (Å²) in [5.74, 6) is 4.10. The van der Waals surface area contributed by atoms with Gasteiger partial charge in [0.25, 0.3) is 0 Å². The molecular weight excluding hydrogens is 404 g/mol. The van der Waals surface area contributed by atoms with E-state index in [0.717, 1.165) is 42.9 Å². The minimum absolute atomic E-state index is 0.0375. The first-order chi connectivity index (χ1) is 15.9. The van der Waals surface area contributed by atoms with E-state index in [1.165, 1.54) is 83.5 Å². The molecule has 0 spiro atoms. The fourth-order valence-electron chi connectivity index (χ4n) is 9.55. The van der Waals surface area contributed by atoms with E-state index in [9.17, 15) is 10.2 Å². The van der Waals surface area contributed by atoms with Crippen molar-refractivity contribution in [3.8, 4) is 0 Å². The number of allylic oxidation sites excluding steroid dienone is 1. The van der Waals surface area contributed by atoms with E-state index in [-0.39, 0.29) is 12.2 Å². The molecule has 33 heavy (non-hydrogen) atoms. The highest BCUT2D eigenvalue weighted by Crippen LogP contribution is 2.66. The topological polar surface area (TPSA) is 40.5 Å². The van der Waals surface area contributed by atoms with Crippen molar-refractivity contribution in [3.63, 3.8) is 0 Å². The van der Waals surface area contributed by atoms with Crippen LogP contribution in [0.25, 0.3) is 0 Å². The Labute approximate surface area is 205 Å². The summed E-state index contributed by atoms with van der Waals surface area (Å²) in [5, 5.41) is 21.0. The monoisotopic (exact) mass is 458 g/mol. The van der Waals surface area contributed by atoms with Gasteiger partial charge in [0.2, 0.25) is 0 Å². The molecule has 7 unspecified atom stereocenters. The molecule has 0 aromatic rings. The van der Waals surface area contributed by atoms with E-state index in [4.69, 9.17) is 0 Å². The van der Waals surface area contributed by atoms with Crippen molar-refractivity contribution in [3.05, 3.63) is 11.6 Å². The molecule has 5 aliphatic rings. The molecule has 4 saturated carbocycles. The number of hydrogen-bond acceptors (Lipinski definition) is 2. The Morgan fingerprint density at radius 1 is 0.939 bits per heavy atom. The van der Waals surface area contributed by atoms with Gasteiger partial charge in [0.1, 0.15) is 0 Å². The van der Waals surface area contributed by atoms with Crippen molar-refractivity contribution >= 4 is 0 Å². The maximum Gasteiger partial charge on any atom is 0.0577 e. The van der Waals surface area contributed by atoms with Gasteiger partial charge in [-0.25, -0.2) is 0 Å². The molecule has 4 fully saturated rings. The number of hydrogen-bond donors (Lipinski definition) is 2. The Morgan fingerprint density at radius 2 is 1.70 bits per heavy atom. The molecular formula is C31H54O2. The van der Waals surface area contributed by atoms with Gasteiger partial charge in [-0.15, -0.1) is 0 Å². The maximum absolute atomic E-state index is 10.7. The first-order valence-corrected chi connectivity index (χ1v) is 15.0. The summed E-state index contributed by atoms with van der Waals surface area (Å²) in [6.07, 6.45) is 22.7. The van der Waals surface area contributed by atoms with Crippen LogP contribution in [0, 0.1) is 40.4 Å². The second-order valence-corrected chi connectivity index (χ2v) is 12.9. The van der Waals surface area contributed by atoms with Gasteiger partial charge in [-0.05, 0) is 117 Å². The summed E-state index contributed by atoms with van der Waals surface area (Å²) >= 11 is 0. The van der Waals surface area contributed by atoms with Gasteiger partial charge in [-0.1, -0.05) is 65.0 Å². The van der Waals surface area contributed by atoms with Gasteiger partial charge >= 0.3 is 0 Å². The summed E-state index contributed by atoms with van der Waals surface area (Å²) in [6, 6.07) is 0. The number of aliphatic hydroxyl groups is 2. The van der Waals surface area contributed by atoms with Crippen molar-refractivity contribution in [1.29, 1.82) is 0 Å². The fourth-order valence-corrected chi connectivity index (χ4v) is 9.55. The lowest BCUT2D eigenvalue weighted by molar-refractivity contribution is -0.0513. The number of rotatable bonds is 5. The minimum atomic E-state index is -0.0930.